The van der Waals surface area contributed by atoms with Gasteiger partial charge in [-0.2, -0.15) is 11.8 Å². The Kier molecular flexibility index (Phi) is 10.5. The number of ether oxygens (including phenoxy) is 1. The van der Waals surface area contributed by atoms with E-state index in [0.717, 1.165) is 21.4 Å². The fourth-order valence-corrected chi connectivity index (χ4v) is 5.75. The normalized spacial score (nSPS) is 11.2. The SMILES string of the molecule is CCOc1ccc(N(CC(=O)NCCCSCc2ccc(F)cc2)S(=O)(=O)c2ccc(Cl)cc2)cc1. The highest BCUT2D eigenvalue weighted by molar-refractivity contribution is 7.98. The summed E-state index contributed by atoms with van der Waals surface area (Å²) in [5.74, 6) is 1.48. The maximum atomic E-state index is 13.4. The number of hydrogen-bond acceptors (Lipinski definition) is 5. The largest absolute Gasteiger partial charge is 0.494 e. The van der Waals surface area contributed by atoms with Crippen LogP contribution in [0.4, 0.5) is 10.1 Å². The number of nitrogens with one attached hydrogen (secondary N) is 1. The molecule has 3 aromatic carbocycles. The van der Waals surface area contributed by atoms with Gasteiger partial charge in [-0.3, -0.25) is 9.10 Å². The third-order valence-electron chi connectivity index (χ3n) is 5.09. The van der Waals surface area contributed by atoms with Gasteiger partial charge >= 0.3 is 0 Å². The van der Waals surface area contributed by atoms with Gasteiger partial charge in [0.25, 0.3) is 10.0 Å². The molecule has 0 spiro atoms. The maximum Gasteiger partial charge on any atom is 0.264 e. The topological polar surface area (TPSA) is 75.7 Å². The molecule has 0 unspecified atom stereocenters. The Morgan fingerprint density at radius 2 is 1.69 bits per heavy atom. The van der Waals surface area contributed by atoms with Gasteiger partial charge in [0.2, 0.25) is 5.91 Å². The van der Waals surface area contributed by atoms with Crippen LogP contribution in [0.25, 0.3) is 0 Å². The summed E-state index contributed by atoms with van der Waals surface area (Å²) < 4.78 is 46.3. The van der Waals surface area contributed by atoms with E-state index in [1.807, 2.05) is 6.92 Å². The van der Waals surface area contributed by atoms with E-state index in [0.29, 0.717) is 36.0 Å². The van der Waals surface area contributed by atoms with Gasteiger partial charge in [-0.15, -0.1) is 0 Å². The molecule has 10 heteroatoms. The zero-order valence-electron chi connectivity index (χ0n) is 19.8. The number of rotatable bonds is 13. The molecule has 6 nitrogen and oxygen atoms in total. The summed E-state index contributed by atoms with van der Waals surface area (Å²) in [5, 5.41) is 3.21. The molecule has 0 saturated carbocycles. The Morgan fingerprint density at radius 1 is 1.03 bits per heavy atom. The number of sulfonamides is 1. The lowest BCUT2D eigenvalue weighted by molar-refractivity contribution is -0.119. The van der Waals surface area contributed by atoms with Crippen LogP contribution in [-0.4, -0.2) is 39.8 Å². The van der Waals surface area contributed by atoms with Gasteiger partial charge in [-0.05, 0) is 85.3 Å². The summed E-state index contributed by atoms with van der Waals surface area (Å²) >= 11 is 7.60. The van der Waals surface area contributed by atoms with Crippen molar-refractivity contribution < 1.29 is 22.3 Å². The second kappa shape index (κ2) is 13.5. The Labute approximate surface area is 220 Å². The van der Waals surface area contributed by atoms with Crippen LogP contribution in [0.15, 0.2) is 77.7 Å². The monoisotopic (exact) mass is 550 g/mol. The van der Waals surface area contributed by atoms with E-state index in [9.17, 15) is 17.6 Å². The summed E-state index contributed by atoms with van der Waals surface area (Å²) in [6.45, 7) is 2.38. The second-order valence-corrected chi connectivity index (χ2v) is 11.2. The van der Waals surface area contributed by atoms with Crippen molar-refractivity contribution in [3.8, 4) is 5.75 Å². The first kappa shape index (κ1) is 27.8. The van der Waals surface area contributed by atoms with E-state index < -0.39 is 15.9 Å². The molecule has 0 aromatic heterocycles. The van der Waals surface area contributed by atoms with Crippen molar-refractivity contribution in [3.63, 3.8) is 0 Å². The highest BCUT2D eigenvalue weighted by atomic mass is 35.5. The van der Waals surface area contributed by atoms with Gasteiger partial charge in [-0.25, -0.2) is 12.8 Å². The molecule has 0 radical (unpaired) electrons. The zero-order chi connectivity index (χ0) is 26.0. The Morgan fingerprint density at radius 3 is 2.33 bits per heavy atom. The zero-order valence-corrected chi connectivity index (χ0v) is 22.2. The minimum atomic E-state index is -4.02. The molecule has 3 aromatic rings. The molecule has 0 aliphatic heterocycles. The van der Waals surface area contributed by atoms with Gasteiger partial charge < -0.3 is 10.1 Å². The third kappa shape index (κ3) is 8.15. The lowest BCUT2D eigenvalue weighted by Gasteiger charge is -2.24. The molecule has 0 atom stereocenters. The molecule has 0 saturated heterocycles. The van der Waals surface area contributed by atoms with Crippen LogP contribution in [-0.2, 0) is 20.6 Å². The molecular weight excluding hydrogens is 523 g/mol. The summed E-state index contributed by atoms with van der Waals surface area (Å²) in [6, 6.07) is 18.7. The fraction of sp³-hybridized carbons (Fsp3) is 0.269. The molecule has 0 aliphatic rings. The van der Waals surface area contributed by atoms with E-state index in [1.165, 1.54) is 36.4 Å². The molecule has 0 heterocycles. The molecule has 1 N–H and O–H groups in total. The number of anilines is 1. The summed E-state index contributed by atoms with van der Waals surface area (Å²) in [6.07, 6.45) is 0.713. The number of carbonyl (C=O) groups excluding carboxylic acids is 1. The summed E-state index contributed by atoms with van der Waals surface area (Å²) in [4.78, 5) is 12.7. The van der Waals surface area contributed by atoms with Gasteiger partial charge in [0, 0.05) is 17.3 Å². The van der Waals surface area contributed by atoms with Crippen LogP contribution in [0, 0.1) is 5.82 Å². The standard InChI is InChI=1S/C26H28ClFN2O4S2/c1-2-34-24-12-10-23(11-13-24)30(36(32,33)25-14-6-21(27)7-15-25)18-26(31)29-16-3-17-35-19-20-4-8-22(28)9-5-20/h4-15H,2-3,16-19H2,1H3,(H,29,31). The van der Waals surface area contributed by atoms with Crippen LogP contribution in [0.3, 0.4) is 0 Å². The minimum absolute atomic E-state index is 0.0331. The highest BCUT2D eigenvalue weighted by Gasteiger charge is 2.27. The van der Waals surface area contributed by atoms with Gasteiger partial charge in [0.15, 0.2) is 0 Å². The molecule has 3 rings (SSSR count). The van der Waals surface area contributed by atoms with E-state index >= 15 is 0 Å². The Balaban J connectivity index is 1.60. The average Bonchev–Trinajstić information content (AvgIpc) is 2.87. The molecule has 0 aliphatic carbocycles. The van der Waals surface area contributed by atoms with Crippen LogP contribution in [0.1, 0.15) is 18.9 Å². The van der Waals surface area contributed by atoms with Crippen molar-refractivity contribution in [1.82, 2.24) is 5.32 Å². The van der Waals surface area contributed by atoms with Crippen LogP contribution >= 0.6 is 23.4 Å². The second-order valence-electron chi connectivity index (χ2n) is 7.78. The molecule has 1 amide bonds. The van der Waals surface area contributed by atoms with E-state index in [-0.39, 0.29) is 17.3 Å². The molecule has 36 heavy (non-hydrogen) atoms. The Bertz CT molecular complexity index is 1220. The maximum absolute atomic E-state index is 13.4. The summed E-state index contributed by atoms with van der Waals surface area (Å²) in [7, 11) is -4.02. The minimum Gasteiger partial charge on any atom is -0.494 e. The van der Waals surface area contributed by atoms with E-state index in [1.54, 1.807) is 48.2 Å². The Hall–Kier alpha value is -2.75. The highest BCUT2D eigenvalue weighted by Crippen LogP contribution is 2.26. The number of thioether (sulfide) groups is 1. The first-order chi connectivity index (χ1) is 17.3. The predicted molar refractivity (Wildman–Crippen MR) is 144 cm³/mol. The molecular formula is C26H28ClFN2O4S2. The van der Waals surface area contributed by atoms with Crippen LogP contribution in [0.2, 0.25) is 5.02 Å². The third-order valence-corrected chi connectivity index (χ3v) is 8.25. The first-order valence-electron chi connectivity index (χ1n) is 11.4. The van der Waals surface area contributed by atoms with E-state index in [4.69, 9.17) is 16.3 Å². The van der Waals surface area contributed by atoms with Crippen molar-refractivity contribution in [2.45, 2.75) is 24.0 Å². The molecule has 0 fully saturated rings. The van der Waals surface area contributed by atoms with E-state index in [2.05, 4.69) is 5.32 Å². The van der Waals surface area contributed by atoms with Gasteiger partial charge in [0.1, 0.15) is 18.1 Å². The lowest BCUT2D eigenvalue weighted by atomic mass is 10.2. The quantitative estimate of drug-likeness (QED) is 0.284. The smallest absolute Gasteiger partial charge is 0.264 e. The van der Waals surface area contributed by atoms with Crippen molar-refractivity contribution in [2.75, 3.05) is 29.8 Å². The molecule has 0 bridgehead atoms. The van der Waals surface area contributed by atoms with Gasteiger partial charge in [-0.1, -0.05) is 23.7 Å². The number of carbonyl (C=O) groups is 1. The molecule has 192 valence electrons. The average molecular weight is 551 g/mol. The number of hydrogen-bond donors (Lipinski definition) is 1. The van der Waals surface area contributed by atoms with Crippen molar-refractivity contribution in [2.24, 2.45) is 0 Å². The number of benzene rings is 3. The number of halogens is 2. The predicted octanol–water partition coefficient (Wildman–Crippen LogP) is 5.51. The number of amides is 1. The fourth-order valence-electron chi connectivity index (χ4n) is 3.28. The van der Waals surface area contributed by atoms with Crippen molar-refractivity contribution in [3.05, 3.63) is 89.2 Å². The number of nitrogens with zero attached hydrogens (tertiary/aromatic N) is 1. The first-order valence-corrected chi connectivity index (χ1v) is 14.4. The van der Waals surface area contributed by atoms with Crippen LogP contribution < -0.4 is 14.4 Å². The summed E-state index contributed by atoms with van der Waals surface area (Å²) in [5.41, 5.74) is 1.38. The van der Waals surface area contributed by atoms with Gasteiger partial charge in [0.05, 0.1) is 17.2 Å². The lowest BCUT2D eigenvalue weighted by Crippen LogP contribution is -2.41. The van der Waals surface area contributed by atoms with Crippen LogP contribution in [0.5, 0.6) is 5.75 Å². The van der Waals surface area contributed by atoms with Crippen molar-refractivity contribution in [1.29, 1.82) is 0 Å². The van der Waals surface area contributed by atoms with Crippen molar-refractivity contribution >= 4 is 45.0 Å².